The summed E-state index contributed by atoms with van der Waals surface area (Å²) in [5.74, 6) is 0.495. The van der Waals surface area contributed by atoms with Crippen LogP contribution in [0.3, 0.4) is 0 Å². The van der Waals surface area contributed by atoms with Crippen LogP contribution in [0.5, 0.6) is 0 Å². The van der Waals surface area contributed by atoms with E-state index in [-0.39, 0.29) is 5.91 Å². The molecule has 1 atom stereocenters. The van der Waals surface area contributed by atoms with Crippen LogP contribution in [-0.2, 0) is 15.1 Å². The number of hydrogen-bond donors (Lipinski definition) is 0. The summed E-state index contributed by atoms with van der Waals surface area (Å²) in [4.78, 5) is 22.5. The lowest BCUT2D eigenvalue weighted by Crippen LogP contribution is -2.37. The fourth-order valence-corrected chi connectivity index (χ4v) is 2.91. The molecule has 6 heteroatoms. The number of aryl methyl sites for hydroxylation is 1. The summed E-state index contributed by atoms with van der Waals surface area (Å²) >= 11 is 6.18. The van der Waals surface area contributed by atoms with Crippen molar-refractivity contribution in [2.45, 2.75) is 19.4 Å². The molecule has 20 heavy (non-hydrogen) atoms. The van der Waals surface area contributed by atoms with Gasteiger partial charge in [0.2, 0.25) is 0 Å². The third kappa shape index (κ3) is 1.57. The van der Waals surface area contributed by atoms with Crippen LogP contribution in [0, 0.1) is 6.92 Å². The van der Waals surface area contributed by atoms with E-state index in [0.29, 0.717) is 11.0 Å². The van der Waals surface area contributed by atoms with Crippen LogP contribution in [0.2, 0.25) is 5.15 Å². The molecule has 1 aromatic carbocycles. The molecule has 1 aliphatic heterocycles. The van der Waals surface area contributed by atoms with Crippen LogP contribution in [-0.4, -0.2) is 30.0 Å². The molecule has 1 aromatic heterocycles. The van der Waals surface area contributed by atoms with Crippen molar-refractivity contribution in [3.05, 3.63) is 28.7 Å². The Hall–Kier alpha value is -1.72. The minimum absolute atomic E-state index is 0.105. The maximum absolute atomic E-state index is 12.4. The van der Waals surface area contributed by atoms with Crippen LogP contribution < -0.4 is 4.90 Å². The number of halogens is 1. The van der Waals surface area contributed by atoms with Crippen LogP contribution in [0.4, 0.5) is 5.69 Å². The first kappa shape index (κ1) is 13.3. The number of fused-ring (bicyclic) bond motifs is 2. The molecule has 0 spiro atoms. The highest BCUT2D eigenvalue weighted by molar-refractivity contribution is 6.34. The number of amides is 1. The monoisotopic (exact) mass is 291 g/mol. The van der Waals surface area contributed by atoms with Gasteiger partial charge in [0.15, 0.2) is 5.60 Å². The number of hydrogen-bond acceptors (Lipinski definition) is 4. The minimum atomic E-state index is -0.994. The summed E-state index contributed by atoms with van der Waals surface area (Å²) in [7, 11) is 3.26. The first-order chi connectivity index (χ1) is 9.38. The Kier molecular flexibility index (Phi) is 2.74. The van der Waals surface area contributed by atoms with E-state index in [1.807, 2.05) is 12.1 Å². The van der Waals surface area contributed by atoms with Crippen LogP contribution in [0.1, 0.15) is 18.3 Å². The molecule has 0 saturated heterocycles. The summed E-state index contributed by atoms with van der Waals surface area (Å²) in [6.45, 7) is 3.54. The van der Waals surface area contributed by atoms with Gasteiger partial charge in [-0.05, 0) is 26.0 Å². The predicted molar refractivity (Wildman–Crippen MR) is 77.1 cm³/mol. The molecule has 0 radical (unpaired) electrons. The predicted octanol–water partition coefficient (Wildman–Crippen LogP) is 2.43. The van der Waals surface area contributed by atoms with E-state index in [4.69, 9.17) is 16.3 Å². The number of carbonyl (C=O) groups is 1. The van der Waals surface area contributed by atoms with Crippen molar-refractivity contribution in [1.82, 2.24) is 9.97 Å². The maximum Gasteiger partial charge on any atom is 0.263 e. The molecule has 104 valence electrons. The molecule has 0 N–H and O–H groups in total. The Balaban J connectivity index is 2.38. The molecule has 2 aromatic rings. The fraction of sp³-hybridized carbons (Fsp3) is 0.357. The highest BCUT2D eigenvalue weighted by Gasteiger charge is 2.46. The largest absolute Gasteiger partial charge is 0.364 e. The van der Waals surface area contributed by atoms with E-state index in [9.17, 15) is 4.79 Å². The summed E-state index contributed by atoms with van der Waals surface area (Å²) in [6, 6.07) is 3.70. The molecule has 1 unspecified atom stereocenters. The average molecular weight is 292 g/mol. The van der Waals surface area contributed by atoms with Gasteiger partial charge in [0.25, 0.3) is 5.91 Å². The van der Waals surface area contributed by atoms with Crippen molar-refractivity contribution in [3.8, 4) is 0 Å². The van der Waals surface area contributed by atoms with Crippen molar-refractivity contribution in [1.29, 1.82) is 0 Å². The van der Waals surface area contributed by atoms with Crippen LogP contribution in [0.15, 0.2) is 12.1 Å². The second-order valence-electron chi connectivity index (χ2n) is 5.05. The zero-order valence-corrected chi connectivity index (χ0v) is 12.4. The minimum Gasteiger partial charge on any atom is -0.364 e. The van der Waals surface area contributed by atoms with Gasteiger partial charge in [-0.2, -0.15) is 0 Å². The Labute approximate surface area is 121 Å². The van der Waals surface area contributed by atoms with Crippen molar-refractivity contribution in [3.63, 3.8) is 0 Å². The topological polar surface area (TPSA) is 55.3 Å². The molecule has 5 nitrogen and oxygen atoms in total. The van der Waals surface area contributed by atoms with E-state index >= 15 is 0 Å². The lowest BCUT2D eigenvalue weighted by molar-refractivity contribution is -0.137. The summed E-state index contributed by atoms with van der Waals surface area (Å²) in [5, 5.41) is 1.11. The number of aromatic nitrogens is 2. The fourth-order valence-electron chi connectivity index (χ4n) is 2.64. The normalized spacial score (nSPS) is 21.6. The van der Waals surface area contributed by atoms with E-state index < -0.39 is 5.60 Å². The summed E-state index contributed by atoms with van der Waals surface area (Å²) < 4.78 is 5.45. The second kappa shape index (κ2) is 4.14. The Morgan fingerprint density at radius 2 is 2.05 bits per heavy atom. The molecule has 0 fully saturated rings. The van der Waals surface area contributed by atoms with Crippen molar-refractivity contribution >= 4 is 34.1 Å². The first-order valence-corrected chi connectivity index (χ1v) is 6.58. The number of anilines is 1. The van der Waals surface area contributed by atoms with Gasteiger partial charge in [0.1, 0.15) is 11.0 Å². The Morgan fingerprint density at radius 3 is 2.70 bits per heavy atom. The van der Waals surface area contributed by atoms with Crippen molar-refractivity contribution in [2.24, 2.45) is 0 Å². The number of carbonyl (C=O) groups excluding carboxylic acids is 1. The van der Waals surface area contributed by atoms with E-state index in [2.05, 4.69) is 9.97 Å². The highest BCUT2D eigenvalue weighted by atomic mass is 35.5. The van der Waals surface area contributed by atoms with E-state index in [1.165, 1.54) is 7.11 Å². The molecule has 0 saturated carbocycles. The van der Waals surface area contributed by atoms with E-state index in [1.54, 1.807) is 25.8 Å². The molecule has 2 heterocycles. The smallest absolute Gasteiger partial charge is 0.263 e. The zero-order valence-electron chi connectivity index (χ0n) is 11.7. The number of rotatable bonds is 1. The van der Waals surface area contributed by atoms with Gasteiger partial charge >= 0.3 is 0 Å². The van der Waals surface area contributed by atoms with Gasteiger partial charge < -0.3 is 9.64 Å². The molecule has 0 aliphatic carbocycles. The number of benzene rings is 1. The van der Waals surface area contributed by atoms with Gasteiger partial charge in [0.05, 0.1) is 11.2 Å². The zero-order chi connectivity index (χ0) is 14.7. The van der Waals surface area contributed by atoms with Crippen molar-refractivity contribution < 1.29 is 9.53 Å². The molecule has 3 rings (SSSR count). The number of ether oxygens (including phenoxy) is 1. The van der Waals surface area contributed by atoms with Gasteiger partial charge in [-0.1, -0.05) is 11.6 Å². The maximum atomic E-state index is 12.4. The number of methoxy groups -OCH3 is 1. The third-order valence-electron chi connectivity index (χ3n) is 3.87. The second-order valence-corrected chi connectivity index (χ2v) is 5.41. The SMILES string of the molecule is COC1(C)C(=O)N(C)c2cc3nc(C)nc(Cl)c3cc21. The van der Waals surface area contributed by atoms with Crippen molar-refractivity contribution in [2.75, 3.05) is 19.1 Å². The Morgan fingerprint density at radius 1 is 1.35 bits per heavy atom. The van der Waals surface area contributed by atoms with E-state index in [0.717, 1.165) is 22.2 Å². The summed E-state index contributed by atoms with van der Waals surface area (Å²) in [6.07, 6.45) is 0. The molecule has 1 amide bonds. The Bertz CT molecular complexity index is 747. The standard InChI is InChI=1S/C14H14ClN3O2/c1-7-16-10-6-11-9(5-8(10)12(15)17-7)14(2,20-4)13(19)18(11)3/h5-6H,1-4H3. The summed E-state index contributed by atoms with van der Waals surface area (Å²) in [5.41, 5.74) is 1.31. The first-order valence-electron chi connectivity index (χ1n) is 6.20. The number of likely N-dealkylation sites (N-methyl/N-ethyl adjacent to an activating group) is 1. The van der Waals surface area contributed by atoms with Gasteiger partial charge in [-0.25, -0.2) is 9.97 Å². The molecular formula is C14H14ClN3O2. The molecule has 1 aliphatic rings. The van der Waals surface area contributed by atoms with Gasteiger partial charge in [-0.15, -0.1) is 0 Å². The quantitative estimate of drug-likeness (QED) is 0.757. The highest BCUT2D eigenvalue weighted by Crippen LogP contribution is 2.43. The lowest BCUT2D eigenvalue weighted by atomic mass is 9.96. The van der Waals surface area contributed by atoms with Gasteiger partial charge in [0, 0.05) is 25.1 Å². The molecular weight excluding hydrogens is 278 g/mol. The number of nitrogens with zero attached hydrogens (tertiary/aromatic N) is 3. The van der Waals surface area contributed by atoms with Gasteiger partial charge in [-0.3, -0.25) is 4.79 Å². The molecule has 0 bridgehead atoms. The van der Waals surface area contributed by atoms with Crippen LogP contribution >= 0.6 is 11.6 Å². The average Bonchev–Trinajstić information content (AvgIpc) is 2.60. The third-order valence-corrected chi connectivity index (χ3v) is 4.16. The van der Waals surface area contributed by atoms with Crippen LogP contribution in [0.25, 0.3) is 10.9 Å². The lowest BCUT2D eigenvalue weighted by Gasteiger charge is -2.21.